The van der Waals surface area contributed by atoms with Crippen molar-refractivity contribution in [3.05, 3.63) is 0 Å². The molecule has 112 valence electrons. The number of nitrogens with zero attached hydrogens (tertiary/aromatic N) is 2. The Hall–Kier alpha value is 0. The molecule has 0 aromatic carbocycles. The maximum atomic E-state index is 6.16. The summed E-state index contributed by atoms with van der Waals surface area (Å²) in [7, 11) is 0. The van der Waals surface area contributed by atoms with Gasteiger partial charge in [0.05, 0.1) is 0 Å². The molecule has 0 bridgehead atoms. The highest BCUT2D eigenvalue weighted by Gasteiger charge is 2.21. The van der Waals surface area contributed by atoms with E-state index in [1.165, 1.54) is 51.4 Å². The zero-order valence-electron chi connectivity index (χ0n) is 12.3. The van der Waals surface area contributed by atoms with Crippen LogP contribution in [0.25, 0.3) is 0 Å². The smallest absolute Gasteiger partial charge is 0.191 e. The van der Waals surface area contributed by atoms with Crippen molar-refractivity contribution >= 4 is 29.9 Å². The van der Waals surface area contributed by atoms with Crippen LogP contribution in [-0.4, -0.2) is 30.5 Å². The zero-order valence-corrected chi connectivity index (χ0v) is 14.6. The molecule has 0 radical (unpaired) electrons. The van der Waals surface area contributed by atoms with Gasteiger partial charge in [0.1, 0.15) is 0 Å². The van der Waals surface area contributed by atoms with Crippen LogP contribution < -0.4 is 5.73 Å². The van der Waals surface area contributed by atoms with Crippen molar-refractivity contribution in [2.45, 2.75) is 58.3 Å². The molecular weight excluding hydrogens is 349 g/mol. The topological polar surface area (TPSA) is 41.6 Å². The van der Waals surface area contributed by atoms with Gasteiger partial charge < -0.3 is 10.6 Å². The first kappa shape index (κ1) is 17.1. The van der Waals surface area contributed by atoms with Gasteiger partial charge in [-0.15, -0.1) is 24.0 Å². The van der Waals surface area contributed by atoms with Crippen molar-refractivity contribution < 1.29 is 0 Å². The molecule has 2 atom stereocenters. The van der Waals surface area contributed by atoms with E-state index >= 15 is 0 Å². The first-order valence-corrected chi connectivity index (χ1v) is 7.82. The van der Waals surface area contributed by atoms with Gasteiger partial charge in [-0.05, 0) is 31.1 Å². The molecule has 1 saturated carbocycles. The number of rotatable bonds is 2. The van der Waals surface area contributed by atoms with E-state index in [9.17, 15) is 0 Å². The fourth-order valence-electron chi connectivity index (χ4n) is 3.27. The molecule has 1 heterocycles. The van der Waals surface area contributed by atoms with Crippen LogP contribution in [-0.2, 0) is 0 Å². The lowest BCUT2D eigenvalue weighted by Crippen LogP contribution is -2.38. The minimum Gasteiger partial charge on any atom is -0.370 e. The highest BCUT2D eigenvalue weighted by Crippen LogP contribution is 2.29. The molecule has 0 aromatic heterocycles. The second-order valence-electron chi connectivity index (χ2n) is 6.12. The molecule has 2 unspecified atom stereocenters. The molecule has 0 spiro atoms. The van der Waals surface area contributed by atoms with Gasteiger partial charge in [-0.2, -0.15) is 0 Å². The lowest BCUT2D eigenvalue weighted by atomic mass is 9.80. The molecule has 1 aliphatic carbocycles. The van der Waals surface area contributed by atoms with Crippen LogP contribution in [0.4, 0.5) is 0 Å². The Bertz CT molecular complexity index is 273. The fraction of sp³-hybridized carbons (Fsp3) is 0.933. The van der Waals surface area contributed by atoms with Crippen molar-refractivity contribution in [2.24, 2.45) is 22.6 Å². The Labute approximate surface area is 135 Å². The van der Waals surface area contributed by atoms with E-state index in [0.717, 1.165) is 37.4 Å². The summed E-state index contributed by atoms with van der Waals surface area (Å²) in [6.45, 7) is 5.54. The van der Waals surface area contributed by atoms with Crippen molar-refractivity contribution in [3.8, 4) is 0 Å². The van der Waals surface area contributed by atoms with Crippen LogP contribution >= 0.6 is 24.0 Å². The van der Waals surface area contributed by atoms with Crippen LogP contribution in [0.2, 0.25) is 0 Å². The van der Waals surface area contributed by atoms with Crippen LogP contribution in [0.5, 0.6) is 0 Å². The predicted molar refractivity (Wildman–Crippen MR) is 93.1 cm³/mol. The first-order chi connectivity index (χ1) is 8.77. The van der Waals surface area contributed by atoms with Gasteiger partial charge in [0.15, 0.2) is 5.96 Å². The monoisotopic (exact) mass is 379 g/mol. The Morgan fingerprint density at radius 2 is 1.68 bits per heavy atom. The molecule has 3 nitrogen and oxygen atoms in total. The van der Waals surface area contributed by atoms with Gasteiger partial charge in [0.25, 0.3) is 0 Å². The number of hydrogen-bond donors (Lipinski definition) is 1. The molecule has 2 fully saturated rings. The zero-order chi connectivity index (χ0) is 12.8. The van der Waals surface area contributed by atoms with Crippen molar-refractivity contribution in [3.63, 3.8) is 0 Å². The van der Waals surface area contributed by atoms with Gasteiger partial charge in [-0.25, -0.2) is 0 Å². The highest BCUT2D eigenvalue weighted by atomic mass is 127. The first-order valence-electron chi connectivity index (χ1n) is 7.82. The number of hydrogen-bond acceptors (Lipinski definition) is 1. The summed E-state index contributed by atoms with van der Waals surface area (Å²) >= 11 is 0. The molecule has 1 saturated heterocycles. The maximum Gasteiger partial charge on any atom is 0.191 e. The predicted octanol–water partition coefficient (Wildman–Crippen LogP) is 3.62. The van der Waals surface area contributed by atoms with E-state index in [2.05, 4.69) is 16.8 Å². The summed E-state index contributed by atoms with van der Waals surface area (Å²) in [6.07, 6.45) is 10.8. The number of likely N-dealkylation sites (tertiary alicyclic amines) is 1. The SMILES string of the molecule is CC1CCCCC1CN=C(N)N1CCCCCC1.I. The second kappa shape index (κ2) is 9.03. The summed E-state index contributed by atoms with van der Waals surface area (Å²) in [5.74, 6) is 2.40. The molecule has 2 rings (SSSR count). The lowest BCUT2D eigenvalue weighted by Gasteiger charge is -2.28. The molecule has 0 aromatic rings. The Balaban J connectivity index is 0.00000180. The third kappa shape index (κ3) is 5.48. The third-order valence-electron chi connectivity index (χ3n) is 4.71. The highest BCUT2D eigenvalue weighted by molar-refractivity contribution is 14.0. The largest absolute Gasteiger partial charge is 0.370 e. The quantitative estimate of drug-likeness (QED) is 0.452. The van der Waals surface area contributed by atoms with Gasteiger partial charge in [0, 0.05) is 19.6 Å². The van der Waals surface area contributed by atoms with E-state index in [-0.39, 0.29) is 24.0 Å². The minimum absolute atomic E-state index is 0. The summed E-state index contributed by atoms with van der Waals surface area (Å²) in [6, 6.07) is 0. The van der Waals surface area contributed by atoms with Crippen LogP contribution in [0, 0.1) is 11.8 Å². The normalized spacial score (nSPS) is 29.5. The Kier molecular flexibility index (Phi) is 8.11. The standard InChI is InChI=1S/C15H29N3.HI/c1-13-8-4-5-9-14(13)12-17-15(16)18-10-6-2-3-7-11-18;/h13-14H,2-12H2,1H3,(H2,16,17);1H. The Morgan fingerprint density at radius 1 is 1.05 bits per heavy atom. The average Bonchev–Trinajstić information content (AvgIpc) is 2.66. The number of nitrogens with two attached hydrogens (primary N) is 1. The third-order valence-corrected chi connectivity index (χ3v) is 4.71. The molecule has 0 amide bonds. The van der Waals surface area contributed by atoms with E-state index in [1.54, 1.807) is 0 Å². The summed E-state index contributed by atoms with van der Waals surface area (Å²) in [5.41, 5.74) is 6.16. The summed E-state index contributed by atoms with van der Waals surface area (Å²) in [4.78, 5) is 6.98. The lowest BCUT2D eigenvalue weighted by molar-refractivity contribution is 0.262. The minimum atomic E-state index is 0. The van der Waals surface area contributed by atoms with Gasteiger partial charge in [0.2, 0.25) is 0 Å². The molecule has 19 heavy (non-hydrogen) atoms. The molecule has 2 aliphatic rings. The van der Waals surface area contributed by atoms with Crippen molar-refractivity contribution in [1.82, 2.24) is 4.90 Å². The number of aliphatic imine (C=N–C) groups is 1. The average molecular weight is 379 g/mol. The van der Waals surface area contributed by atoms with E-state index < -0.39 is 0 Å². The van der Waals surface area contributed by atoms with Crippen molar-refractivity contribution in [2.75, 3.05) is 19.6 Å². The van der Waals surface area contributed by atoms with E-state index in [0.29, 0.717) is 0 Å². The van der Waals surface area contributed by atoms with Crippen LogP contribution in [0.15, 0.2) is 4.99 Å². The number of halogens is 1. The van der Waals surface area contributed by atoms with Gasteiger partial charge in [-0.3, -0.25) is 4.99 Å². The summed E-state index contributed by atoms with van der Waals surface area (Å²) < 4.78 is 0. The van der Waals surface area contributed by atoms with Crippen LogP contribution in [0.3, 0.4) is 0 Å². The molecule has 1 aliphatic heterocycles. The summed E-state index contributed by atoms with van der Waals surface area (Å²) in [5, 5.41) is 0. The van der Waals surface area contributed by atoms with Crippen LogP contribution in [0.1, 0.15) is 58.3 Å². The van der Waals surface area contributed by atoms with E-state index in [1.807, 2.05) is 0 Å². The molecule has 2 N–H and O–H groups in total. The van der Waals surface area contributed by atoms with E-state index in [4.69, 9.17) is 5.73 Å². The molecular formula is C15H30IN3. The van der Waals surface area contributed by atoms with Crippen molar-refractivity contribution in [1.29, 1.82) is 0 Å². The molecule has 4 heteroatoms. The fourth-order valence-corrected chi connectivity index (χ4v) is 3.27. The Morgan fingerprint density at radius 3 is 2.32 bits per heavy atom. The van der Waals surface area contributed by atoms with Gasteiger partial charge in [-0.1, -0.05) is 39.0 Å². The van der Waals surface area contributed by atoms with Gasteiger partial charge >= 0.3 is 0 Å². The number of guanidine groups is 1. The maximum absolute atomic E-state index is 6.16. The second-order valence-corrected chi connectivity index (χ2v) is 6.12.